The highest BCUT2D eigenvalue weighted by atomic mass is 31.2. The molecule has 2 unspecified atom stereocenters. The topological polar surface area (TPSA) is 169 Å². The third kappa shape index (κ3) is 39.9. The molecule has 0 fully saturated rings. The number of phosphoric acid groups is 1. The predicted octanol–water partition coefficient (Wildman–Crippen LogP) is 10.4. The van der Waals surface area contributed by atoms with Crippen LogP contribution in [0.1, 0.15) is 149 Å². The first kappa shape index (κ1) is 55.1. The largest absolute Gasteiger partial charge is 0.472 e. The smallest absolute Gasteiger partial charge is 0.462 e. The lowest BCUT2D eigenvalue weighted by molar-refractivity contribution is -0.161. The minimum Gasteiger partial charge on any atom is -0.462 e. The number of aliphatic hydroxyl groups is 3. The van der Waals surface area contributed by atoms with Gasteiger partial charge in [0.1, 0.15) is 12.7 Å². The average Bonchev–Trinajstić information content (AvgIpc) is 3.20. The fourth-order valence-electron chi connectivity index (χ4n) is 5.23. The Hall–Kier alpha value is -2.89. The van der Waals surface area contributed by atoms with Crippen LogP contribution in [-0.2, 0) is 32.7 Å². The maximum atomic E-state index is 12.6. The summed E-state index contributed by atoms with van der Waals surface area (Å²) in [6.07, 6.45) is 44.4. The van der Waals surface area contributed by atoms with E-state index >= 15 is 0 Å². The molecule has 0 bridgehead atoms. The van der Waals surface area contributed by atoms with Crippen molar-refractivity contribution in [2.24, 2.45) is 0 Å². The van der Waals surface area contributed by atoms with E-state index in [1.807, 2.05) is 24.3 Å². The molecule has 58 heavy (non-hydrogen) atoms. The summed E-state index contributed by atoms with van der Waals surface area (Å²) in [6, 6.07) is 0. The van der Waals surface area contributed by atoms with Crippen LogP contribution in [0.4, 0.5) is 0 Å². The van der Waals surface area contributed by atoms with Crippen molar-refractivity contribution in [1.82, 2.24) is 0 Å². The van der Waals surface area contributed by atoms with Crippen molar-refractivity contribution in [3.8, 4) is 0 Å². The third-order valence-electron chi connectivity index (χ3n) is 8.63. The Kier molecular flexibility index (Phi) is 38.8. The minimum atomic E-state index is -4.68. The zero-order valence-corrected chi connectivity index (χ0v) is 36.5. The van der Waals surface area contributed by atoms with Crippen molar-refractivity contribution in [3.05, 3.63) is 85.1 Å². The number of rotatable bonds is 39. The fourth-order valence-corrected chi connectivity index (χ4v) is 6.02. The molecular formula is C46H77O11P. The average molecular weight is 837 g/mol. The summed E-state index contributed by atoms with van der Waals surface area (Å²) in [5.74, 6) is -1.20. The lowest BCUT2D eigenvalue weighted by Crippen LogP contribution is -2.29. The Morgan fingerprint density at radius 1 is 0.586 bits per heavy atom. The molecule has 0 aromatic rings. The van der Waals surface area contributed by atoms with Crippen LogP contribution >= 0.6 is 7.82 Å². The fraction of sp³-hybridized carbons (Fsp3) is 0.652. The van der Waals surface area contributed by atoms with E-state index in [0.29, 0.717) is 25.7 Å². The minimum absolute atomic E-state index is 0.00138. The molecule has 0 saturated heterocycles. The molecule has 332 valence electrons. The quantitative estimate of drug-likeness (QED) is 0.0153. The zero-order valence-electron chi connectivity index (χ0n) is 35.6. The van der Waals surface area contributed by atoms with Gasteiger partial charge in [0.05, 0.1) is 25.9 Å². The number of hydrogen-bond acceptors (Lipinski definition) is 10. The Labute approximate surface area is 350 Å². The van der Waals surface area contributed by atoms with Crippen LogP contribution in [0.3, 0.4) is 0 Å². The molecule has 0 amide bonds. The molecule has 0 aromatic heterocycles. The Bertz CT molecular complexity index is 1250. The molecular weight excluding hydrogens is 759 g/mol. The van der Waals surface area contributed by atoms with Gasteiger partial charge in [-0.1, -0.05) is 144 Å². The third-order valence-corrected chi connectivity index (χ3v) is 9.58. The van der Waals surface area contributed by atoms with E-state index in [1.54, 1.807) is 12.2 Å². The number of carbonyl (C=O) groups excluding carboxylic acids is 2. The van der Waals surface area contributed by atoms with Gasteiger partial charge in [0.15, 0.2) is 6.10 Å². The highest BCUT2D eigenvalue weighted by Gasteiger charge is 2.27. The van der Waals surface area contributed by atoms with Gasteiger partial charge in [-0.25, -0.2) is 4.57 Å². The summed E-state index contributed by atoms with van der Waals surface area (Å²) in [7, 11) is -4.68. The molecule has 0 aliphatic heterocycles. The molecule has 0 rings (SSSR count). The van der Waals surface area contributed by atoms with Gasteiger partial charge in [0, 0.05) is 12.8 Å². The van der Waals surface area contributed by atoms with Crippen LogP contribution in [0, 0.1) is 0 Å². The first-order valence-corrected chi connectivity index (χ1v) is 23.1. The van der Waals surface area contributed by atoms with Gasteiger partial charge >= 0.3 is 19.8 Å². The Balaban J connectivity index is 4.60. The summed E-state index contributed by atoms with van der Waals surface area (Å²) in [5.41, 5.74) is 0. The Morgan fingerprint density at radius 3 is 1.71 bits per heavy atom. The molecule has 4 atom stereocenters. The predicted molar refractivity (Wildman–Crippen MR) is 234 cm³/mol. The van der Waals surface area contributed by atoms with Crippen molar-refractivity contribution < 1.29 is 52.9 Å². The van der Waals surface area contributed by atoms with Gasteiger partial charge < -0.3 is 29.7 Å². The maximum Gasteiger partial charge on any atom is 0.472 e. The number of ether oxygens (including phenoxy) is 2. The van der Waals surface area contributed by atoms with Crippen LogP contribution in [0.5, 0.6) is 0 Å². The molecule has 0 saturated carbocycles. The summed E-state index contributed by atoms with van der Waals surface area (Å²) >= 11 is 0. The van der Waals surface area contributed by atoms with Crippen LogP contribution < -0.4 is 0 Å². The number of esters is 2. The van der Waals surface area contributed by atoms with Gasteiger partial charge in [-0.3, -0.25) is 18.6 Å². The van der Waals surface area contributed by atoms with Crippen LogP contribution in [-0.4, -0.2) is 76.9 Å². The van der Waals surface area contributed by atoms with Gasteiger partial charge in [-0.15, -0.1) is 0 Å². The van der Waals surface area contributed by atoms with Crippen LogP contribution in [0.15, 0.2) is 85.1 Å². The first-order chi connectivity index (χ1) is 28.1. The molecule has 0 spiro atoms. The van der Waals surface area contributed by atoms with E-state index in [2.05, 4.69) is 67.0 Å². The molecule has 11 nitrogen and oxygen atoms in total. The highest BCUT2D eigenvalue weighted by molar-refractivity contribution is 7.47. The molecule has 0 heterocycles. The summed E-state index contributed by atoms with van der Waals surface area (Å²) in [6.45, 7) is 2.04. The number of hydrogen-bond donors (Lipinski definition) is 4. The van der Waals surface area contributed by atoms with Crippen molar-refractivity contribution in [2.45, 2.75) is 167 Å². The van der Waals surface area contributed by atoms with Gasteiger partial charge in [0.25, 0.3) is 0 Å². The van der Waals surface area contributed by atoms with Crippen molar-refractivity contribution in [2.75, 3.05) is 26.4 Å². The molecule has 0 aromatic carbocycles. The van der Waals surface area contributed by atoms with Crippen LogP contribution in [0.25, 0.3) is 0 Å². The maximum absolute atomic E-state index is 12.6. The van der Waals surface area contributed by atoms with E-state index in [1.165, 1.54) is 57.8 Å². The number of phosphoric ester groups is 1. The highest BCUT2D eigenvalue weighted by Crippen LogP contribution is 2.43. The first-order valence-electron chi connectivity index (χ1n) is 21.7. The normalized spacial score (nSPS) is 15.2. The van der Waals surface area contributed by atoms with Crippen molar-refractivity contribution >= 4 is 19.8 Å². The molecule has 0 aliphatic carbocycles. The summed E-state index contributed by atoms with van der Waals surface area (Å²) < 4.78 is 32.5. The van der Waals surface area contributed by atoms with Gasteiger partial charge in [0.2, 0.25) is 0 Å². The SMILES string of the molecule is CCCCC/C=C\C/C=C\C/C=C\C/C=C\CCCC(=O)O[C@H](COC(=O)CCCC(O)/C=C/C=C/C/C=C/CCCCCCCC)COP(=O)(O)OC[C@@H](O)CO. The molecule has 12 heteroatoms. The van der Waals surface area contributed by atoms with Crippen molar-refractivity contribution in [1.29, 1.82) is 0 Å². The number of allylic oxidation sites excluding steroid dienone is 13. The van der Waals surface area contributed by atoms with E-state index < -0.39 is 64.5 Å². The van der Waals surface area contributed by atoms with Gasteiger partial charge in [-0.2, -0.15) is 0 Å². The second-order valence-corrected chi connectivity index (χ2v) is 15.7. The Morgan fingerprint density at radius 2 is 1.09 bits per heavy atom. The van der Waals surface area contributed by atoms with E-state index in [-0.39, 0.29) is 12.8 Å². The second kappa shape index (κ2) is 40.9. The lowest BCUT2D eigenvalue weighted by Gasteiger charge is -2.20. The lowest BCUT2D eigenvalue weighted by atomic mass is 10.1. The van der Waals surface area contributed by atoms with E-state index in [4.69, 9.17) is 19.1 Å². The second-order valence-electron chi connectivity index (χ2n) is 14.2. The zero-order chi connectivity index (χ0) is 42.8. The summed E-state index contributed by atoms with van der Waals surface area (Å²) in [5, 5.41) is 28.6. The van der Waals surface area contributed by atoms with Crippen LogP contribution in [0.2, 0.25) is 0 Å². The number of aliphatic hydroxyl groups excluding tert-OH is 3. The molecule has 4 N–H and O–H groups in total. The number of unbranched alkanes of at least 4 members (excludes halogenated alkanes) is 10. The van der Waals surface area contributed by atoms with Crippen molar-refractivity contribution in [3.63, 3.8) is 0 Å². The van der Waals surface area contributed by atoms with E-state index in [0.717, 1.165) is 38.5 Å². The summed E-state index contributed by atoms with van der Waals surface area (Å²) in [4.78, 5) is 35.0. The van der Waals surface area contributed by atoms with Gasteiger partial charge in [-0.05, 0) is 77.0 Å². The molecule has 0 radical (unpaired) electrons. The number of carbonyl (C=O) groups is 2. The standard InChI is InChI=1S/C46H77O11P/c1-3-5-7-9-11-13-15-17-18-19-20-22-24-26-28-30-32-36-46(51)57-44(41-56-58(52,53)55-39-43(49)38-47)40-54-45(50)37-33-35-42(48)34-31-29-27-25-23-21-16-14-12-10-8-6-4-2/h11,13,17-18,20-23,26-29,31,34,42-44,47-49H,3-10,12,14-16,19,24-25,30,32-33,35-41H2,1-2H3,(H,52,53)/b13-11-,18-17-,22-20-,23-21+,28-26-,29-27+,34-31+/t42?,43-,44+/m0/s1. The molecule has 0 aliphatic rings. The van der Waals surface area contributed by atoms with E-state index in [9.17, 15) is 29.3 Å². The monoisotopic (exact) mass is 837 g/mol.